The van der Waals surface area contributed by atoms with E-state index in [1.807, 2.05) is 13.0 Å². The van der Waals surface area contributed by atoms with Crippen molar-refractivity contribution in [2.75, 3.05) is 5.73 Å². The van der Waals surface area contributed by atoms with Gasteiger partial charge in [0.15, 0.2) is 5.82 Å². The number of hydrogen-bond acceptors (Lipinski definition) is 4. The summed E-state index contributed by atoms with van der Waals surface area (Å²) in [5.41, 5.74) is 9.96. The van der Waals surface area contributed by atoms with Crippen molar-refractivity contribution in [2.24, 2.45) is 5.92 Å². The zero-order valence-electron chi connectivity index (χ0n) is 13.0. The van der Waals surface area contributed by atoms with Crippen LogP contribution < -0.4 is 5.73 Å². The SMILES string of the molecule is CCC1CCC(c2noc(-c3cc(C)cc(C)c3N)n2)C1. The van der Waals surface area contributed by atoms with E-state index in [2.05, 4.69) is 30.1 Å². The highest BCUT2D eigenvalue weighted by molar-refractivity contribution is 5.74. The molecule has 0 amide bonds. The van der Waals surface area contributed by atoms with E-state index >= 15 is 0 Å². The van der Waals surface area contributed by atoms with Crippen molar-refractivity contribution in [3.05, 3.63) is 29.1 Å². The van der Waals surface area contributed by atoms with E-state index in [4.69, 9.17) is 10.3 Å². The number of nitrogen functional groups attached to an aromatic ring is 1. The maximum absolute atomic E-state index is 6.16. The fourth-order valence-electron chi connectivity index (χ4n) is 3.35. The van der Waals surface area contributed by atoms with Crippen LogP contribution in [0, 0.1) is 19.8 Å². The summed E-state index contributed by atoms with van der Waals surface area (Å²) in [6, 6.07) is 4.09. The third-order valence-electron chi connectivity index (χ3n) is 4.69. The minimum Gasteiger partial charge on any atom is -0.398 e. The Bertz CT molecular complexity index is 647. The van der Waals surface area contributed by atoms with E-state index in [9.17, 15) is 0 Å². The summed E-state index contributed by atoms with van der Waals surface area (Å²) in [4.78, 5) is 4.62. The number of nitrogens with two attached hydrogens (primary N) is 1. The normalized spacial score (nSPS) is 21.9. The molecule has 1 aromatic carbocycles. The zero-order chi connectivity index (χ0) is 15.0. The third kappa shape index (κ3) is 2.67. The van der Waals surface area contributed by atoms with Crippen molar-refractivity contribution in [1.29, 1.82) is 0 Å². The summed E-state index contributed by atoms with van der Waals surface area (Å²) >= 11 is 0. The number of benzene rings is 1. The Morgan fingerprint density at radius 2 is 2.10 bits per heavy atom. The molecule has 112 valence electrons. The van der Waals surface area contributed by atoms with E-state index in [0.29, 0.717) is 11.8 Å². The lowest BCUT2D eigenvalue weighted by atomic mass is 10.0. The molecule has 0 saturated heterocycles. The average molecular weight is 285 g/mol. The standard InChI is InChI=1S/C17H23N3O/c1-4-12-5-6-13(9-12)16-19-17(21-20-16)14-8-10(2)7-11(3)15(14)18/h7-8,12-13H,4-6,9,18H2,1-3H3. The van der Waals surface area contributed by atoms with Crippen LogP contribution in [0.3, 0.4) is 0 Å². The van der Waals surface area contributed by atoms with E-state index in [0.717, 1.165) is 34.1 Å². The molecule has 0 spiro atoms. The summed E-state index contributed by atoms with van der Waals surface area (Å²) in [6.07, 6.45) is 4.86. The first-order valence-electron chi connectivity index (χ1n) is 7.79. The second-order valence-electron chi connectivity index (χ2n) is 6.29. The molecule has 2 atom stereocenters. The van der Waals surface area contributed by atoms with Crippen molar-refractivity contribution in [2.45, 2.75) is 52.4 Å². The summed E-state index contributed by atoms with van der Waals surface area (Å²) in [5, 5.41) is 4.20. The Morgan fingerprint density at radius 1 is 1.29 bits per heavy atom. The smallest absolute Gasteiger partial charge is 0.260 e. The number of nitrogens with zero attached hydrogens (tertiary/aromatic N) is 2. The molecule has 4 heteroatoms. The van der Waals surface area contributed by atoms with Crippen LogP contribution in [0.25, 0.3) is 11.5 Å². The maximum atomic E-state index is 6.16. The first-order valence-corrected chi connectivity index (χ1v) is 7.79. The van der Waals surface area contributed by atoms with Crippen LogP contribution >= 0.6 is 0 Å². The van der Waals surface area contributed by atoms with Crippen molar-refractivity contribution in [3.63, 3.8) is 0 Å². The Kier molecular flexibility index (Phi) is 3.70. The van der Waals surface area contributed by atoms with Gasteiger partial charge in [0.1, 0.15) is 0 Å². The van der Waals surface area contributed by atoms with Crippen molar-refractivity contribution in [1.82, 2.24) is 10.1 Å². The van der Waals surface area contributed by atoms with Crippen LogP contribution in [0.2, 0.25) is 0 Å². The molecule has 4 nitrogen and oxygen atoms in total. The fraction of sp³-hybridized carbons (Fsp3) is 0.529. The molecule has 1 aromatic heterocycles. The summed E-state index contributed by atoms with van der Waals surface area (Å²) in [7, 11) is 0. The summed E-state index contributed by atoms with van der Waals surface area (Å²) < 4.78 is 5.48. The lowest BCUT2D eigenvalue weighted by molar-refractivity contribution is 0.414. The minimum absolute atomic E-state index is 0.444. The molecular weight excluding hydrogens is 262 g/mol. The van der Waals surface area contributed by atoms with Crippen molar-refractivity contribution < 1.29 is 4.52 Å². The van der Waals surface area contributed by atoms with Gasteiger partial charge in [-0.1, -0.05) is 24.6 Å². The maximum Gasteiger partial charge on any atom is 0.260 e. The first kappa shape index (κ1) is 14.1. The van der Waals surface area contributed by atoms with Gasteiger partial charge in [-0.15, -0.1) is 0 Å². The number of aromatic nitrogens is 2. The molecule has 0 aliphatic heterocycles. The van der Waals surface area contributed by atoms with E-state index in [1.165, 1.54) is 25.7 Å². The molecule has 21 heavy (non-hydrogen) atoms. The second kappa shape index (κ2) is 5.51. The molecule has 0 bridgehead atoms. The van der Waals surface area contributed by atoms with Gasteiger partial charge in [0.25, 0.3) is 5.89 Å². The number of aryl methyl sites for hydroxylation is 2. The van der Waals surface area contributed by atoms with E-state index in [-0.39, 0.29) is 0 Å². The molecule has 1 aliphatic rings. The van der Waals surface area contributed by atoms with Crippen molar-refractivity contribution in [3.8, 4) is 11.5 Å². The summed E-state index contributed by atoms with van der Waals surface area (Å²) in [6.45, 7) is 6.31. The van der Waals surface area contributed by atoms with Crippen LogP contribution in [0.15, 0.2) is 16.7 Å². The fourth-order valence-corrected chi connectivity index (χ4v) is 3.35. The van der Waals surface area contributed by atoms with E-state index in [1.54, 1.807) is 0 Å². The minimum atomic E-state index is 0.444. The van der Waals surface area contributed by atoms with Gasteiger partial charge in [0.05, 0.1) is 5.56 Å². The first-order chi connectivity index (χ1) is 10.1. The molecule has 1 fully saturated rings. The lowest BCUT2D eigenvalue weighted by Gasteiger charge is -2.06. The zero-order valence-corrected chi connectivity index (χ0v) is 13.0. The van der Waals surface area contributed by atoms with E-state index < -0.39 is 0 Å². The van der Waals surface area contributed by atoms with Gasteiger partial charge in [-0.2, -0.15) is 4.98 Å². The quantitative estimate of drug-likeness (QED) is 0.857. The highest BCUT2D eigenvalue weighted by Gasteiger charge is 2.28. The molecule has 2 aromatic rings. The number of hydrogen-bond donors (Lipinski definition) is 1. The van der Waals surface area contributed by atoms with Crippen LogP contribution in [0.5, 0.6) is 0 Å². The molecule has 3 rings (SSSR count). The molecular formula is C17H23N3O. The van der Waals surface area contributed by atoms with Gasteiger partial charge in [0.2, 0.25) is 0 Å². The van der Waals surface area contributed by atoms with Gasteiger partial charge in [-0.3, -0.25) is 0 Å². The van der Waals surface area contributed by atoms with Gasteiger partial charge in [0, 0.05) is 11.6 Å². The Hall–Kier alpha value is -1.84. The third-order valence-corrected chi connectivity index (χ3v) is 4.69. The van der Waals surface area contributed by atoms with Crippen LogP contribution in [0.4, 0.5) is 5.69 Å². The Balaban J connectivity index is 1.89. The molecule has 2 N–H and O–H groups in total. The van der Waals surface area contributed by atoms with Crippen LogP contribution in [0.1, 0.15) is 55.5 Å². The predicted octanol–water partition coefficient (Wildman–Crippen LogP) is 4.23. The Morgan fingerprint density at radius 3 is 2.81 bits per heavy atom. The highest BCUT2D eigenvalue weighted by Crippen LogP contribution is 2.39. The predicted molar refractivity (Wildman–Crippen MR) is 84.0 cm³/mol. The number of anilines is 1. The van der Waals surface area contributed by atoms with Gasteiger partial charge < -0.3 is 10.3 Å². The van der Waals surface area contributed by atoms with Gasteiger partial charge in [-0.05, 0) is 56.2 Å². The largest absolute Gasteiger partial charge is 0.398 e. The summed E-state index contributed by atoms with van der Waals surface area (Å²) in [5.74, 6) is 2.65. The molecule has 0 radical (unpaired) electrons. The molecule has 2 unspecified atom stereocenters. The van der Waals surface area contributed by atoms with Crippen LogP contribution in [-0.2, 0) is 0 Å². The lowest BCUT2D eigenvalue weighted by Crippen LogP contribution is -1.98. The van der Waals surface area contributed by atoms with Crippen molar-refractivity contribution >= 4 is 5.69 Å². The number of rotatable bonds is 3. The van der Waals surface area contributed by atoms with Gasteiger partial charge in [-0.25, -0.2) is 0 Å². The average Bonchev–Trinajstić information content (AvgIpc) is 3.10. The highest BCUT2D eigenvalue weighted by atomic mass is 16.5. The molecule has 1 aliphatic carbocycles. The second-order valence-corrected chi connectivity index (χ2v) is 6.29. The van der Waals surface area contributed by atoms with Crippen LogP contribution in [-0.4, -0.2) is 10.1 Å². The van der Waals surface area contributed by atoms with Gasteiger partial charge >= 0.3 is 0 Å². The molecule has 1 saturated carbocycles. The monoisotopic (exact) mass is 285 g/mol. The Labute approximate surface area is 125 Å². The molecule has 1 heterocycles. The topological polar surface area (TPSA) is 64.9 Å².